The molecular weight excluding hydrogens is 216 g/mol. The highest BCUT2D eigenvalue weighted by molar-refractivity contribution is 5.14. The minimum atomic E-state index is -1.01. The van der Waals surface area contributed by atoms with E-state index in [-0.39, 0.29) is 12.0 Å². The number of aryl methyl sites for hydroxylation is 1. The molecule has 0 spiro atoms. The van der Waals surface area contributed by atoms with Gasteiger partial charge < -0.3 is 14.9 Å². The smallest absolute Gasteiger partial charge is 0.181 e. The third-order valence-electron chi connectivity index (χ3n) is 3.53. The van der Waals surface area contributed by atoms with Crippen molar-refractivity contribution in [1.82, 2.24) is 0 Å². The molecule has 0 aliphatic carbocycles. The van der Waals surface area contributed by atoms with Crippen LogP contribution in [-0.2, 0) is 11.2 Å². The molecule has 1 aliphatic heterocycles. The fraction of sp³-hybridized carbons (Fsp3) is 0.571. The predicted molar refractivity (Wildman–Crippen MR) is 65.4 cm³/mol. The van der Waals surface area contributed by atoms with E-state index in [1.54, 1.807) is 0 Å². The molecule has 0 aromatic heterocycles. The molecule has 0 bridgehead atoms. The quantitative estimate of drug-likeness (QED) is 0.837. The SMILES string of the molecule is CC[C@H]1O[C@H](O)C(O)[C@H]1CCc1ccccc1. The van der Waals surface area contributed by atoms with Crippen LogP contribution in [0.1, 0.15) is 25.3 Å². The van der Waals surface area contributed by atoms with Gasteiger partial charge in [-0.3, -0.25) is 0 Å². The van der Waals surface area contributed by atoms with Gasteiger partial charge in [0.25, 0.3) is 0 Å². The third-order valence-corrected chi connectivity index (χ3v) is 3.53. The maximum absolute atomic E-state index is 9.86. The van der Waals surface area contributed by atoms with Crippen LogP contribution in [0.4, 0.5) is 0 Å². The van der Waals surface area contributed by atoms with Gasteiger partial charge >= 0.3 is 0 Å². The Labute approximate surface area is 102 Å². The van der Waals surface area contributed by atoms with E-state index in [2.05, 4.69) is 12.1 Å². The largest absolute Gasteiger partial charge is 0.387 e. The molecule has 17 heavy (non-hydrogen) atoms. The van der Waals surface area contributed by atoms with Gasteiger partial charge in [-0.2, -0.15) is 0 Å². The van der Waals surface area contributed by atoms with E-state index in [1.807, 2.05) is 25.1 Å². The zero-order valence-corrected chi connectivity index (χ0v) is 10.1. The Morgan fingerprint density at radius 3 is 2.53 bits per heavy atom. The van der Waals surface area contributed by atoms with Crippen LogP contribution in [0.25, 0.3) is 0 Å². The van der Waals surface area contributed by atoms with E-state index < -0.39 is 12.4 Å². The van der Waals surface area contributed by atoms with Gasteiger partial charge in [0.1, 0.15) is 6.10 Å². The first-order valence-corrected chi connectivity index (χ1v) is 6.28. The first kappa shape index (κ1) is 12.6. The van der Waals surface area contributed by atoms with Crippen molar-refractivity contribution in [3.8, 4) is 0 Å². The molecule has 1 unspecified atom stereocenters. The minimum Gasteiger partial charge on any atom is -0.387 e. The zero-order valence-electron chi connectivity index (χ0n) is 10.1. The molecule has 1 saturated heterocycles. The predicted octanol–water partition coefficient (Wildman–Crippen LogP) is 1.72. The molecule has 0 saturated carbocycles. The van der Waals surface area contributed by atoms with Crippen LogP contribution in [0.3, 0.4) is 0 Å². The fourth-order valence-corrected chi connectivity index (χ4v) is 2.53. The fourth-order valence-electron chi connectivity index (χ4n) is 2.53. The molecule has 3 nitrogen and oxygen atoms in total. The summed E-state index contributed by atoms with van der Waals surface area (Å²) >= 11 is 0. The molecule has 1 aromatic carbocycles. The Hall–Kier alpha value is -0.900. The average molecular weight is 236 g/mol. The van der Waals surface area contributed by atoms with Crippen LogP contribution in [0.5, 0.6) is 0 Å². The molecule has 94 valence electrons. The summed E-state index contributed by atoms with van der Waals surface area (Å²) in [4.78, 5) is 0. The standard InChI is InChI=1S/C14H20O3/c1-2-12-11(13(15)14(16)17-12)9-8-10-6-4-3-5-7-10/h3-7,11-16H,2,8-9H2,1H3/t11-,12+,13?,14-/m0/s1. The van der Waals surface area contributed by atoms with Gasteiger partial charge in [0, 0.05) is 5.92 Å². The second-order valence-electron chi connectivity index (χ2n) is 4.65. The van der Waals surface area contributed by atoms with E-state index >= 15 is 0 Å². The van der Waals surface area contributed by atoms with Crippen molar-refractivity contribution in [2.75, 3.05) is 0 Å². The summed E-state index contributed by atoms with van der Waals surface area (Å²) in [5.74, 6) is 0.0372. The minimum absolute atomic E-state index is 0.0243. The first-order valence-electron chi connectivity index (χ1n) is 6.28. The Kier molecular flexibility index (Phi) is 4.15. The molecule has 2 rings (SSSR count). The van der Waals surface area contributed by atoms with Crippen LogP contribution in [-0.4, -0.2) is 28.7 Å². The molecule has 0 radical (unpaired) electrons. The van der Waals surface area contributed by atoms with Crippen LogP contribution >= 0.6 is 0 Å². The van der Waals surface area contributed by atoms with Gasteiger partial charge in [-0.15, -0.1) is 0 Å². The Bertz CT molecular complexity index is 339. The monoisotopic (exact) mass is 236 g/mol. The molecule has 1 heterocycles. The summed E-state index contributed by atoms with van der Waals surface area (Å²) in [5.41, 5.74) is 1.26. The summed E-state index contributed by atoms with van der Waals surface area (Å²) in [6.45, 7) is 2.02. The van der Waals surface area contributed by atoms with Gasteiger partial charge in [-0.05, 0) is 24.8 Å². The third kappa shape index (κ3) is 2.86. The highest BCUT2D eigenvalue weighted by Gasteiger charge is 2.41. The van der Waals surface area contributed by atoms with Crippen molar-refractivity contribution in [2.45, 2.75) is 44.7 Å². The van der Waals surface area contributed by atoms with E-state index in [0.29, 0.717) is 0 Å². The number of hydrogen-bond acceptors (Lipinski definition) is 3. The lowest BCUT2D eigenvalue weighted by Gasteiger charge is -2.18. The summed E-state index contributed by atoms with van der Waals surface area (Å²) < 4.78 is 5.33. The number of rotatable bonds is 4. The number of benzene rings is 1. The summed E-state index contributed by atoms with van der Waals surface area (Å²) in [5, 5.41) is 19.4. The topological polar surface area (TPSA) is 49.7 Å². The number of hydrogen-bond donors (Lipinski definition) is 2. The highest BCUT2D eigenvalue weighted by Crippen LogP contribution is 2.31. The molecule has 4 atom stereocenters. The number of aliphatic hydroxyl groups excluding tert-OH is 2. The van der Waals surface area contributed by atoms with Gasteiger partial charge in [0.15, 0.2) is 6.29 Å². The van der Waals surface area contributed by atoms with Gasteiger partial charge in [-0.1, -0.05) is 37.3 Å². The highest BCUT2D eigenvalue weighted by atomic mass is 16.6. The summed E-state index contributed by atoms with van der Waals surface area (Å²) in [6, 6.07) is 10.2. The van der Waals surface area contributed by atoms with Crippen molar-refractivity contribution in [1.29, 1.82) is 0 Å². The second-order valence-corrected chi connectivity index (χ2v) is 4.65. The van der Waals surface area contributed by atoms with E-state index in [4.69, 9.17) is 4.74 Å². The molecule has 0 amide bonds. The van der Waals surface area contributed by atoms with Crippen molar-refractivity contribution >= 4 is 0 Å². The molecule has 3 heteroatoms. The first-order chi connectivity index (χ1) is 8.22. The Morgan fingerprint density at radius 1 is 1.18 bits per heavy atom. The van der Waals surface area contributed by atoms with E-state index in [9.17, 15) is 10.2 Å². The maximum atomic E-state index is 9.86. The average Bonchev–Trinajstić information content (AvgIpc) is 2.64. The van der Waals surface area contributed by atoms with Crippen LogP contribution in [0.15, 0.2) is 30.3 Å². The van der Waals surface area contributed by atoms with Gasteiger partial charge in [-0.25, -0.2) is 0 Å². The lowest BCUT2D eigenvalue weighted by molar-refractivity contribution is -0.127. The van der Waals surface area contributed by atoms with Gasteiger partial charge in [0.05, 0.1) is 6.10 Å². The zero-order chi connectivity index (χ0) is 12.3. The normalized spacial score (nSPS) is 32.9. The number of aliphatic hydroxyl groups is 2. The number of ether oxygens (including phenoxy) is 1. The molecule has 1 aromatic rings. The Morgan fingerprint density at radius 2 is 1.88 bits per heavy atom. The molecule has 1 fully saturated rings. The van der Waals surface area contributed by atoms with E-state index in [0.717, 1.165) is 19.3 Å². The second kappa shape index (κ2) is 5.63. The lowest BCUT2D eigenvalue weighted by Crippen LogP contribution is -2.27. The van der Waals surface area contributed by atoms with Crippen LogP contribution < -0.4 is 0 Å². The summed E-state index contributed by atoms with van der Waals surface area (Å²) in [7, 11) is 0. The van der Waals surface area contributed by atoms with E-state index in [1.165, 1.54) is 5.56 Å². The van der Waals surface area contributed by atoms with Crippen molar-refractivity contribution in [3.63, 3.8) is 0 Å². The lowest BCUT2D eigenvalue weighted by atomic mass is 9.90. The van der Waals surface area contributed by atoms with Crippen molar-refractivity contribution in [2.24, 2.45) is 5.92 Å². The van der Waals surface area contributed by atoms with Gasteiger partial charge in [0.2, 0.25) is 0 Å². The van der Waals surface area contributed by atoms with Crippen LogP contribution in [0.2, 0.25) is 0 Å². The Balaban J connectivity index is 1.93. The summed E-state index contributed by atoms with van der Waals surface area (Å²) in [6.07, 6.45) is 0.803. The molecule has 2 N–H and O–H groups in total. The maximum Gasteiger partial charge on any atom is 0.181 e. The molecular formula is C14H20O3. The van der Waals surface area contributed by atoms with Crippen LogP contribution in [0, 0.1) is 5.92 Å². The molecule has 1 aliphatic rings. The van der Waals surface area contributed by atoms with Crippen molar-refractivity contribution < 1.29 is 14.9 Å². The van der Waals surface area contributed by atoms with Crippen molar-refractivity contribution in [3.05, 3.63) is 35.9 Å².